The molecule has 2 aromatic rings. The first kappa shape index (κ1) is 20.4. The van der Waals surface area contributed by atoms with Gasteiger partial charge in [-0.2, -0.15) is 0 Å². The van der Waals surface area contributed by atoms with Crippen molar-refractivity contribution >= 4 is 44.7 Å². The van der Waals surface area contributed by atoms with Crippen LogP contribution in [0.2, 0.25) is 5.02 Å². The van der Waals surface area contributed by atoms with Crippen LogP contribution in [0.3, 0.4) is 0 Å². The third kappa shape index (κ3) is 5.35. The van der Waals surface area contributed by atoms with Crippen molar-refractivity contribution in [2.75, 3.05) is 32.9 Å². The van der Waals surface area contributed by atoms with Gasteiger partial charge >= 0.3 is 0 Å². The first-order chi connectivity index (χ1) is 13.1. The first-order valence-electron chi connectivity index (χ1n) is 8.79. The van der Waals surface area contributed by atoms with Crippen molar-refractivity contribution in [3.05, 3.63) is 57.0 Å². The van der Waals surface area contributed by atoms with E-state index >= 15 is 0 Å². The van der Waals surface area contributed by atoms with Crippen molar-refractivity contribution in [3.8, 4) is 11.5 Å². The zero-order chi connectivity index (χ0) is 19.2. The quantitative estimate of drug-likeness (QED) is 0.549. The minimum atomic E-state index is 0.420. The van der Waals surface area contributed by atoms with Crippen molar-refractivity contribution < 1.29 is 14.2 Å². The summed E-state index contributed by atoms with van der Waals surface area (Å²) >= 11 is 15.2. The highest BCUT2D eigenvalue weighted by Crippen LogP contribution is 2.38. The topological polar surface area (TPSA) is 30.9 Å². The van der Waals surface area contributed by atoms with Crippen LogP contribution in [0.4, 0.5) is 0 Å². The molecule has 0 aromatic heterocycles. The third-order valence-electron chi connectivity index (χ3n) is 4.15. The number of hydrogen-bond donors (Lipinski definition) is 0. The maximum atomic E-state index is 6.03. The van der Waals surface area contributed by atoms with Gasteiger partial charge in [-0.1, -0.05) is 36.0 Å². The molecule has 0 bridgehead atoms. The summed E-state index contributed by atoms with van der Waals surface area (Å²) in [6, 6.07) is 11.5. The Balaban J connectivity index is 1.80. The van der Waals surface area contributed by atoms with Crippen LogP contribution in [0.25, 0.3) is 0 Å². The Hall–Kier alpha value is -1.34. The molecule has 0 N–H and O–H groups in total. The molecule has 144 valence electrons. The molecule has 0 radical (unpaired) electrons. The highest BCUT2D eigenvalue weighted by atomic mass is 79.9. The minimum Gasteiger partial charge on any atom is -0.490 e. The molecule has 1 saturated heterocycles. The molecule has 0 amide bonds. The van der Waals surface area contributed by atoms with Crippen molar-refractivity contribution in [1.82, 2.24) is 4.90 Å². The summed E-state index contributed by atoms with van der Waals surface area (Å²) < 4.78 is 18.1. The van der Waals surface area contributed by atoms with Gasteiger partial charge in [-0.25, -0.2) is 0 Å². The Labute approximate surface area is 178 Å². The molecule has 1 heterocycles. The van der Waals surface area contributed by atoms with Crippen molar-refractivity contribution in [2.45, 2.75) is 13.5 Å². The summed E-state index contributed by atoms with van der Waals surface area (Å²) in [6.45, 7) is 5.90. The molecule has 7 heteroatoms. The fraction of sp³-hybridized carbons (Fsp3) is 0.350. The monoisotopic (exact) mass is 469 g/mol. The van der Waals surface area contributed by atoms with Crippen LogP contribution in [0.1, 0.15) is 18.1 Å². The molecular formula is C20H21BrClNO3S. The Morgan fingerprint density at radius 1 is 1.19 bits per heavy atom. The second-order valence-corrected chi connectivity index (χ2v) is 7.72. The average Bonchev–Trinajstić information content (AvgIpc) is 2.69. The van der Waals surface area contributed by atoms with Crippen LogP contribution in [0, 0.1) is 0 Å². The number of hydrogen-bond acceptors (Lipinski definition) is 4. The van der Waals surface area contributed by atoms with Gasteiger partial charge in [-0.05, 0) is 52.7 Å². The molecule has 0 spiro atoms. The van der Waals surface area contributed by atoms with Crippen LogP contribution in [-0.2, 0) is 11.3 Å². The maximum Gasteiger partial charge on any atom is 0.175 e. The number of halogens is 2. The second-order valence-electron chi connectivity index (χ2n) is 6.04. The van der Waals surface area contributed by atoms with E-state index in [1.165, 1.54) is 0 Å². The molecule has 1 aliphatic heterocycles. The maximum absolute atomic E-state index is 6.03. The smallest absolute Gasteiger partial charge is 0.175 e. The zero-order valence-electron chi connectivity index (χ0n) is 15.0. The van der Waals surface area contributed by atoms with Crippen molar-refractivity contribution in [2.24, 2.45) is 0 Å². The molecule has 2 aromatic carbocycles. The van der Waals surface area contributed by atoms with E-state index in [1.807, 2.05) is 43.3 Å². The number of nitrogens with zero attached hydrogens (tertiary/aromatic N) is 1. The fourth-order valence-electron chi connectivity index (χ4n) is 2.78. The summed E-state index contributed by atoms with van der Waals surface area (Å²) in [4.78, 5) is 2.95. The molecule has 0 aliphatic carbocycles. The molecule has 1 fully saturated rings. The lowest BCUT2D eigenvalue weighted by molar-refractivity contribution is 0.0693. The van der Waals surface area contributed by atoms with Gasteiger partial charge in [0.25, 0.3) is 0 Å². The van der Waals surface area contributed by atoms with Gasteiger partial charge in [0.1, 0.15) is 11.6 Å². The summed E-state index contributed by atoms with van der Waals surface area (Å²) in [7, 11) is 0. The van der Waals surface area contributed by atoms with Gasteiger partial charge in [0.2, 0.25) is 0 Å². The second kappa shape index (κ2) is 9.73. The normalized spacial score (nSPS) is 14.1. The standard InChI is InChI=1S/C20H21BrClNO3S/c1-2-25-18-12-15(20(27)23-7-9-24-10-8-23)11-17(21)19(18)26-13-14-3-5-16(22)6-4-14/h3-6,11-12H,2,7-10,13H2,1H3. The van der Waals surface area contributed by atoms with Gasteiger partial charge in [0, 0.05) is 23.7 Å². The molecule has 1 aliphatic rings. The van der Waals surface area contributed by atoms with Gasteiger partial charge in [-0.3, -0.25) is 0 Å². The fourth-order valence-corrected chi connectivity index (χ4v) is 3.76. The van der Waals surface area contributed by atoms with Gasteiger partial charge in [-0.15, -0.1) is 0 Å². The third-order valence-corrected chi connectivity index (χ3v) is 5.49. The van der Waals surface area contributed by atoms with Crippen LogP contribution in [-0.4, -0.2) is 42.8 Å². The number of rotatable bonds is 6. The Morgan fingerprint density at radius 3 is 2.56 bits per heavy atom. The molecule has 0 unspecified atom stereocenters. The van der Waals surface area contributed by atoms with Gasteiger partial charge in [0.05, 0.1) is 24.3 Å². The van der Waals surface area contributed by atoms with Crippen LogP contribution < -0.4 is 9.47 Å². The Bertz CT molecular complexity index is 795. The van der Waals surface area contributed by atoms with E-state index < -0.39 is 0 Å². The van der Waals surface area contributed by atoms with E-state index in [-0.39, 0.29) is 0 Å². The summed E-state index contributed by atoms with van der Waals surface area (Å²) in [5, 5.41) is 0.705. The SMILES string of the molecule is CCOc1cc(C(=S)N2CCOCC2)cc(Br)c1OCc1ccc(Cl)cc1. The lowest BCUT2D eigenvalue weighted by Gasteiger charge is -2.29. The zero-order valence-corrected chi connectivity index (χ0v) is 18.2. The Morgan fingerprint density at radius 2 is 1.89 bits per heavy atom. The van der Waals surface area contributed by atoms with E-state index in [4.69, 9.17) is 38.0 Å². The van der Waals surface area contributed by atoms with Crippen LogP contribution in [0.15, 0.2) is 40.9 Å². The van der Waals surface area contributed by atoms with Crippen LogP contribution in [0.5, 0.6) is 11.5 Å². The lowest BCUT2D eigenvalue weighted by Crippen LogP contribution is -2.40. The van der Waals surface area contributed by atoms with Gasteiger partial charge in [0.15, 0.2) is 11.5 Å². The number of morpholine rings is 1. The van der Waals surface area contributed by atoms with E-state index in [1.54, 1.807) is 0 Å². The molecule has 3 rings (SSSR count). The van der Waals surface area contributed by atoms with Crippen LogP contribution >= 0.6 is 39.7 Å². The van der Waals surface area contributed by atoms with E-state index in [0.29, 0.717) is 42.9 Å². The predicted octanol–water partition coefficient (Wildman–Crippen LogP) is 5.09. The highest BCUT2D eigenvalue weighted by molar-refractivity contribution is 9.10. The van der Waals surface area contributed by atoms with E-state index in [0.717, 1.165) is 33.7 Å². The van der Waals surface area contributed by atoms with Crippen molar-refractivity contribution in [1.29, 1.82) is 0 Å². The lowest BCUT2D eigenvalue weighted by atomic mass is 10.1. The van der Waals surface area contributed by atoms with E-state index in [9.17, 15) is 0 Å². The molecule has 0 saturated carbocycles. The predicted molar refractivity (Wildman–Crippen MR) is 115 cm³/mol. The minimum absolute atomic E-state index is 0.420. The molecule has 4 nitrogen and oxygen atoms in total. The molecule has 27 heavy (non-hydrogen) atoms. The molecular weight excluding hydrogens is 450 g/mol. The summed E-state index contributed by atoms with van der Waals surface area (Å²) in [5.74, 6) is 1.34. The average molecular weight is 471 g/mol. The first-order valence-corrected chi connectivity index (χ1v) is 10.4. The number of benzene rings is 2. The highest BCUT2D eigenvalue weighted by Gasteiger charge is 2.19. The molecule has 0 atom stereocenters. The largest absolute Gasteiger partial charge is 0.490 e. The number of thiocarbonyl (C=S) groups is 1. The number of ether oxygens (including phenoxy) is 3. The Kier molecular flexibility index (Phi) is 7.35. The summed E-state index contributed by atoms with van der Waals surface area (Å²) in [5.41, 5.74) is 1.96. The van der Waals surface area contributed by atoms with Crippen molar-refractivity contribution in [3.63, 3.8) is 0 Å². The summed E-state index contributed by atoms with van der Waals surface area (Å²) in [6.07, 6.45) is 0. The van der Waals surface area contributed by atoms with Gasteiger partial charge < -0.3 is 19.1 Å². The van der Waals surface area contributed by atoms with E-state index in [2.05, 4.69) is 20.8 Å².